The first-order valence-electron chi connectivity index (χ1n) is 5.34. The summed E-state index contributed by atoms with van der Waals surface area (Å²) in [6, 6.07) is 3.10. The summed E-state index contributed by atoms with van der Waals surface area (Å²) in [6.45, 7) is 3.75. The van der Waals surface area contributed by atoms with Crippen LogP contribution in [0.1, 0.15) is 25.3 Å². The quantitative estimate of drug-likeness (QED) is 0.874. The summed E-state index contributed by atoms with van der Waals surface area (Å²) in [7, 11) is 0. The van der Waals surface area contributed by atoms with Crippen LogP contribution >= 0.6 is 15.9 Å². The number of carboxylic acid groups (broad SMARTS) is 1. The molecule has 1 aromatic carbocycles. The second kappa shape index (κ2) is 6.00. The molecule has 3 nitrogen and oxygen atoms in total. The smallest absolute Gasteiger partial charge is 0.303 e. The molecule has 0 heterocycles. The van der Waals surface area contributed by atoms with Crippen molar-refractivity contribution in [2.75, 3.05) is 5.32 Å². The van der Waals surface area contributed by atoms with Crippen LogP contribution in [0.15, 0.2) is 16.6 Å². The molecular weight excluding hydrogens is 289 g/mol. The summed E-state index contributed by atoms with van der Waals surface area (Å²) in [5.41, 5.74) is 1.61. The third kappa shape index (κ3) is 4.34. The molecule has 0 fully saturated rings. The van der Waals surface area contributed by atoms with Crippen molar-refractivity contribution in [3.63, 3.8) is 0 Å². The molecule has 94 valence electrons. The van der Waals surface area contributed by atoms with Crippen molar-refractivity contribution >= 4 is 27.6 Å². The average Bonchev–Trinajstić information content (AvgIpc) is 2.23. The Hall–Kier alpha value is -1.10. The van der Waals surface area contributed by atoms with Crippen LogP contribution in [0.4, 0.5) is 10.1 Å². The first-order valence-corrected chi connectivity index (χ1v) is 6.13. The van der Waals surface area contributed by atoms with Gasteiger partial charge in [0.15, 0.2) is 0 Å². The van der Waals surface area contributed by atoms with Crippen LogP contribution in [0.25, 0.3) is 0 Å². The van der Waals surface area contributed by atoms with Crippen LogP contribution < -0.4 is 5.32 Å². The fourth-order valence-electron chi connectivity index (χ4n) is 1.48. The van der Waals surface area contributed by atoms with Gasteiger partial charge in [-0.2, -0.15) is 0 Å². The van der Waals surface area contributed by atoms with Crippen LogP contribution in [-0.4, -0.2) is 17.1 Å². The van der Waals surface area contributed by atoms with E-state index in [4.69, 9.17) is 5.11 Å². The SMILES string of the molecule is Cc1cc(Br)c(F)cc1NC(C)CCC(=O)O. The minimum absolute atomic E-state index is 0.00891. The number of carbonyl (C=O) groups is 1. The number of aliphatic carboxylic acids is 1. The second-order valence-corrected chi connectivity index (χ2v) is 4.91. The Bertz CT molecular complexity index is 423. The Morgan fingerprint density at radius 3 is 2.82 bits per heavy atom. The third-order valence-electron chi connectivity index (χ3n) is 2.46. The molecule has 0 saturated heterocycles. The van der Waals surface area contributed by atoms with E-state index in [1.165, 1.54) is 6.07 Å². The van der Waals surface area contributed by atoms with Crippen molar-refractivity contribution in [1.82, 2.24) is 0 Å². The Kier molecular flexibility index (Phi) is 4.93. The first kappa shape index (κ1) is 14.0. The third-order valence-corrected chi connectivity index (χ3v) is 3.07. The van der Waals surface area contributed by atoms with Crippen molar-refractivity contribution < 1.29 is 14.3 Å². The van der Waals surface area contributed by atoms with Crippen molar-refractivity contribution in [3.8, 4) is 0 Å². The highest BCUT2D eigenvalue weighted by Crippen LogP contribution is 2.24. The summed E-state index contributed by atoms with van der Waals surface area (Å²) >= 11 is 3.12. The molecule has 1 rings (SSSR count). The summed E-state index contributed by atoms with van der Waals surface area (Å²) in [6.07, 6.45) is 0.610. The molecule has 17 heavy (non-hydrogen) atoms. The van der Waals surface area contributed by atoms with Crippen LogP contribution in [0, 0.1) is 12.7 Å². The largest absolute Gasteiger partial charge is 0.481 e. The van der Waals surface area contributed by atoms with Gasteiger partial charge in [-0.05, 0) is 53.9 Å². The number of hydrogen-bond acceptors (Lipinski definition) is 2. The van der Waals surface area contributed by atoms with E-state index < -0.39 is 5.97 Å². The Labute approximate surface area is 108 Å². The van der Waals surface area contributed by atoms with Gasteiger partial charge < -0.3 is 10.4 Å². The maximum atomic E-state index is 13.3. The van der Waals surface area contributed by atoms with E-state index in [9.17, 15) is 9.18 Å². The summed E-state index contributed by atoms with van der Waals surface area (Å²) in [5, 5.41) is 11.7. The number of aryl methyl sites for hydroxylation is 1. The molecule has 2 N–H and O–H groups in total. The molecule has 0 aliphatic carbocycles. The topological polar surface area (TPSA) is 49.3 Å². The van der Waals surface area contributed by atoms with Crippen molar-refractivity contribution in [2.45, 2.75) is 32.7 Å². The monoisotopic (exact) mass is 303 g/mol. The van der Waals surface area contributed by atoms with Gasteiger partial charge in [0.05, 0.1) is 4.47 Å². The maximum absolute atomic E-state index is 13.3. The van der Waals surface area contributed by atoms with E-state index >= 15 is 0 Å². The van der Waals surface area contributed by atoms with Gasteiger partial charge in [0, 0.05) is 18.2 Å². The molecule has 0 amide bonds. The lowest BCUT2D eigenvalue weighted by atomic mass is 10.1. The lowest BCUT2D eigenvalue weighted by molar-refractivity contribution is -0.137. The molecule has 0 aliphatic heterocycles. The molecular formula is C12H15BrFNO2. The molecule has 0 aromatic heterocycles. The van der Waals surface area contributed by atoms with E-state index in [-0.39, 0.29) is 18.3 Å². The van der Waals surface area contributed by atoms with Crippen molar-refractivity contribution in [2.24, 2.45) is 0 Å². The van der Waals surface area contributed by atoms with Crippen LogP contribution in [0.5, 0.6) is 0 Å². The van der Waals surface area contributed by atoms with Gasteiger partial charge in [0.25, 0.3) is 0 Å². The van der Waals surface area contributed by atoms with Gasteiger partial charge in [-0.1, -0.05) is 0 Å². The molecule has 1 unspecified atom stereocenters. The molecule has 0 aliphatic rings. The number of halogens is 2. The standard InChI is InChI=1S/C12H15BrFNO2/c1-7-5-9(13)10(14)6-11(7)15-8(2)3-4-12(16)17/h5-6,8,15H,3-4H2,1-2H3,(H,16,17). The Morgan fingerprint density at radius 1 is 1.59 bits per heavy atom. The zero-order valence-electron chi connectivity index (χ0n) is 9.76. The lowest BCUT2D eigenvalue weighted by Crippen LogP contribution is -2.17. The summed E-state index contributed by atoms with van der Waals surface area (Å²) < 4.78 is 13.8. The number of carboxylic acids is 1. The fourth-order valence-corrected chi connectivity index (χ4v) is 1.94. The number of rotatable bonds is 5. The van der Waals surface area contributed by atoms with Gasteiger partial charge in [0.1, 0.15) is 5.82 Å². The minimum atomic E-state index is -0.822. The predicted molar refractivity (Wildman–Crippen MR) is 68.8 cm³/mol. The van der Waals surface area contributed by atoms with Crippen LogP contribution in [-0.2, 0) is 4.79 Å². The van der Waals surface area contributed by atoms with Crippen LogP contribution in [0.3, 0.4) is 0 Å². The van der Waals surface area contributed by atoms with Gasteiger partial charge in [-0.3, -0.25) is 4.79 Å². The zero-order chi connectivity index (χ0) is 13.0. The summed E-state index contributed by atoms with van der Waals surface area (Å²) in [4.78, 5) is 10.4. The molecule has 0 saturated carbocycles. The predicted octanol–water partition coefficient (Wildman–Crippen LogP) is 3.56. The number of nitrogens with one attached hydrogen (secondary N) is 1. The average molecular weight is 304 g/mol. The number of hydrogen-bond donors (Lipinski definition) is 2. The van der Waals surface area contributed by atoms with Gasteiger partial charge >= 0.3 is 5.97 Å². The van der Waals surface area contributed by atoms with Gasteiger partial charge in [-0.25, -0.2) is 4.39 Å². The molecule has 1 aromatic rings. The summed E-state index contributed by atoms with van der Waals surface area (Å²) in [5.74, 6) is -1.15. The normalized spacial score (nSPS) is 12.2. The Balaban J connectivity index is 2.68. The van der Waals surface area contributed by atoms with E-state index in [1.807, 2.05) is 13.8 Å². The highest BCUT2D eigenvalue weighted by molar-refractivity contribution is 9.10. The van der Waals surface area contributed by atoms with Crippen molar-refractivity contribution in [1.29, 1.82) is 0 Å². The number of benzene rings is 1. The molecule has 0 radical (unpaired) electrons. The van der Waals surface area contributed by atoms with E-state index in [0.29, 0.717) is 16.6 Å². The molecule has 0 bridgehead atoms. The molecule has 0 spiro atoms. The Morgan fingerprint density at radius 2 is 2.24 bits per heavy atom. The van der Waals surface area contributed by atoms with Crippen LogP contribution in [0.2, 0.25) is 0 Å². The highest BCUT2D eigenvalue weighted by atomic mass is 79.9. The van der Waals surface area contributed by atoms with E-state index in [2.05, 4.69) is 21.2 Å². The first-order chi connectivity index (χ1) is 7.90. The van der Waals surface area contributed by atoms with Gasteiger partial charge in [0.2, 0.25) is 0 Å². The fraction of sp³-hybridized carbons (Fsp3) is 0.417. The van der Waals surface area contributed by atoms with Gasteiger partial charge in [-0.15, -0.1) is 0 Å². The highest BCUT2D eigenvalue weighted by Gasteiger charge is 2.09. The maximum Gasteiger partial charge on any atom is 0.303 e. The second-order valence-electron chi connectivity index (χ2n) is 4.06. The minimum Gasteiger partial charge on any atom is -0.481 e. The lowest BCUT2D eigenvalue weighted by Gasteiger charge is -2.16. The number of anilines is 1. The zero-order valence-corrected chi connectivity index (χ0v) is 11.3. The molecule has 5 heteroatoms. The molecule has 1 atom stereocenters. The van der Waals surface area contributed by atoms with Crippen molar-refractivity contribution in [3.05, 3.63) is 28.0 Å². The van der Waals surface area contributed by atoms with E-state index in [1.54, 1.807) is 6.07 Å². The van der Waals surface area contributed by atoms with E-state index in [0.717, 1.165) is 5.56 Å².